The summed E-state index contributed by atoms with van der Waals surface area (Å²) in [6, 6.07) is 19.6. The number of hydrogen-bond donors (Lipinski definition) is 2. The van der Waals surface area contributed by atoms with Crippen LogP contribution in [0.15, 0.2) is 83.8 Å². The molecule has 0 atom stereocenters. The van der Waals surface area contributed by atoms with Crippen LogP contribution in [-0.4, -0.2) is 18.2 Å². The number of benzene rings is 3. The molecule has 0 saturated heterocycles. The highest BCUT2D eigenvalue weighted by molar-refractivity contribution is 7.89. The van der Waals surface area contributed by atoms with E-state index in [-0.39, 0.29) is 21.7 Å². The zero-order valence-electron chi connectivity index (χ0n) is 16.4. The minimum absolute atomic E-state index is 0.147. The smallest absolute Gasteiger partial charge is 0.399 e. The topological polar surface area (TPSA) is 104 Å². The lowest BCUT2D eigenvalue weighted by atomic mass is 9.98. The van der Waals surface area contributed by atoms with Gasteiger partial charge in [-0.15, -0.1) is 0 Å². The Bertz CT molecular complexity index is 1360. The second kappa shape index (κ2) is 7.81. The number of alkyl halides is 3. The average Bonchev–Trinajstić information content (AvgIpc) is 3.15. The maximum atomic E-state index is 14.1. The summed E-state index contributed by atoms with van der Waals surface area (Å²) in [6.45, 7) is 0. The second-order valence-electron chi connectivity index (χ2n) is 7.01. The van der Waals surface area contributed by atoms with Crippen molar-refractivity contribution in [2.24, 2.45) is 5.14 Å². The first-order chi connectivity index (χ1) is 15.1. The van der Waals surface area contributed by atoms with E-state index in [0.717, 1.165) is 0 Å². The van der Waals surface area contributed by atoms with E-state index in [0.29, 0.717) is 16.9 Å². The number of sulfonamides is 1. The largest absolute Gasteiger partial charge is 0.435 e. The highest BCUT2D eigenvalue weighted by atomic mass is 32.2. The first-order valence-electron chi connectivity index (χ1n) is 9.30. The molecule has 164 valence electrons. The van der Waals surface area contributed by atoms with Gasteiger partial charge in [-0.25, -0.2) is 18.2 Å². The summed E-state index contributed by atoms with van der Waals surface area (Å²) in [7, 11) is -3.97. The number of halogens is 3. The Balaban J connectivity index is 2.07. The molecule has 0 saturated carbocycles. The molecule has 4 N–H and O–H groups in total. The van der Waals surface area contributed by atoms with Crippen molar-refractivity contribution >= 4 is 15.7 Å². The van der Waals surface area contributed by atoms with Gasteiger partial charge in [-0.05, 0) is 42.0 Å². The lowest BCUT2D eigenvalue weighted by Gasteiger charge is -2.12. The average molecular weight is 458 g/mol. The molecule has 0 spiro atoms. The minimum atomic E-state index is -4.74. The summed E-state index contributed by atoms with van der Waals surface area (Å²) >= 11 is 0. The van der Waals surface area contributed by atoms with Gasteiger partial charge in [0, 0.05) is 16.8 Å². The molecule has 0 aliphatic rings. The van der Waals surface area contributed by atoms with Gasteiger partial charge in [0.05, 0.1) is 16.3 Å². The summed E-state index contributed by atoms with van der Waals surface area (Å²) in [5, 5.41) is 9.07. The van der Waals surface area contributed by atoms with Crippen LogP contribution < -0.4 is 10.9 Å². The number of hydrogen-bond acceptors (Lipinski definition) is 4. The van der Waals surface area contributed by atoms with Crippen LogP contribution in [0.25, 0.3) is 28.1 Å². The number of nitrogen functional groups attached to an aromatic ring is 1. The maximum Gasteiger partial charge on any atom is 0.435 e. The van der Waals surface area contributed by atoms with Gasteiger partial charge in [-0.3, -0.25) is 0 Å². The predicted molar refractivity (Wildman–Crippen MR) is 115 cm³/mol. The first kappa shape index (κ1) is 21.6. The molecule has 32 heavy (non-hydrogen) atoms. The fourth-order valence-electron chi connectivity index (χ4n) is 3.36. The van der Waals surface area contributed by atoms with Crippen molar-refractivity contribution in [3.8, 4) is 28.1 Å². The molecule has 0 unspecified atom stereocenters. The molecular formula is C22H17F3N4O2S. The van der Waals surface area contributed by atoms with Crippen molar-refractivity contribution in [3.63, 3.8) is 0 Å². The number of primary sulfonamides is 1. The lowest BCUT2D eigenvalue weighted by Crippen LogP contribution is -2.11. The van der Waals surface area contributed by atoms with Crippen LogP contribution in [0.2, 0.25) is 0 Å². The Morgan fingerprint density at radius 3 is 1.91 bits per heavy atom. The van der Waals surface area contributed by atoms with Gasteiger partial charge in [0.1, 0.15) is 0 Å². The molecule has 1 aromatic heterocycles. The van der Waals surface area contributed by atoms with E-state index < -0.39 is 21.9 Å². The molecule has 4 rings (SSSR count). The van der Waals surface area contributed by atoms with Crippen LogP contribution >= 0.6 is 0 Å². The Morgan fingerprint density at radius 1 is 0.812 bits per heavy atom. The maximum absolute atomic E-state index is 14.1. The highest BCUT2D eigenvalue weighted by Crippen LogP contribution is 2.43. The van der Waals surface area contributed by atoms with E-state index >= 15 is 0 Å². The van der Waals surface area contributed by atoms with Gasteiger partial charge < -0.3 is 5.73 Å². The molecule has 4 aromatic rings. The summed E-state index contributed by atoms with van der Waals surface area (Å²) in [5.74, 6) is 0. The molecule has 0 fully saturated rings. The number of rotatable bonds is 4. The van der Waals surface area contributed by atoms with Gasteiger partial charge >= 0.3 is 6.18 Å². The fraction of sp³-hybridized carbons (Fsp3) is 0.0455. The molecular weight excluding hydrogens is 441 g/mol. The number of anilines is 1. The number of para-hydroxylation sites is 1. The number of aromatic nitrogens is 2. The van der Waals surface area contributed by atoms with Crippen LogP contribution in [0.5, 0.6) is 0 Å². The van der Waals surface area contributed by atoms with Crippen molar-refractivity contribution in [2.45, 2.75) is 11.1 Å². The summed E-state index contributed by atoms with van der Waals surface area (Å²) < 4.78 is 66.6. The third kappa shape index (κ3) is 4.10. The van der Waals surface area contributed by atoms with Crippen LogP contribution in [0.4, 0.5) is 18.9 Å². The molecule has 6 nitrogen and oxygen atoms in total. The minimum Gasteiger partial charge on any atom is -0.399 e. The van der Waals surface area contributed by atoms with Gasteiger partial charge in [0.15, 0.2) is 5.69 Å². The normalized spacial score (nSPS) is 12.1. The van der Waals surface area contributed by atoms with Gasteiger partial charge in [-0.2, -0.15) is 18.3 Å². The molecule has 0 aliphatic carbocycles. The van der Waals surface area contributed by atoms with Crippen molar-refractivity contribution in [1.29, 1.82) is 0 Å². The highest BCUT2D eigenvalue weighted by Gasteiger charge is 2.40. The summed E-state index contributed by atoms with van der Waals surface area (Å²) in [5.41, 5.74) is 6.05. The fourth-order valence-corrected chi connectivity index (χ4v) is 3.88. The van der Waals surface area contributed by atoms with Crippen molar-refractivity contribution in [2.75, 3.05) is 5.73 Å². The van der Waals surface area contributed by atoms with Crippen molar-refractivity contribution in [1.82, 2.24) is 9.78 Å². The number of nitrogens with two attached hydrogens (primary N) is 2. The number of nitrogens with zero attached hydrogens (tertiary/aromatic N) is 2. The Kier molecular flexibility index (Phi) is 5.27. The van der Waals surface area contributed by atoms with E-state index in [1.54, 1.807) is 30.3 Å². The molecule has 10 heteroatoms. The summed E-state index contributed by atoms with van der Waals surface area (Å²) in [4.78, 5) is -0.155. The quantitative estimate of drug-likeness (QED) is 0.441. The van der Waals surface area contributed by atoms with Gasteiger partial charge in [-0.1, -0.05) is 42.5 Å². The first-order valence-corrected chi connectivity index (χ1v) is 10.8. The predicted octanol–water partition coefficient (Wildman–Crippen LogP) is 4.45. The summed E-state index contributed by atoms with van der Waals surface area (Å²) in [6.07, 6.45) is -4.74. The van der Waals surface area contributed by atoms with E-state index in [4.69, 9.17) is 10.9 Å². The van der Waals surface area contributed by atoms with E-state index in [9.17, 15) is 21.6 Å². The molecule has 0 aliphatic heterocycles. The Labute approximate surface area is 182 Å². The third-order valence-electron chi connectivity index (χ3n) is 4.81. The Hall–Kier alpha value is -3.63. The molecule has 3 aromatic carbocycles. The van der Waals surface area contributed by atoms with Crippen LogP contribution in [0.3, 0.4) is 0 Å². The molecule has 0 amide bonds. The van der Waals surface area contributed by atoms with Crippen LogP contribution in [0.1, 0.15) is 5.69 Å². The zero-order valence-corrected chi connectivity index (χ0v) is 17.2. The van der Waals surface area contributed by atoms with Gasteiger partial charge in [0.25, 0.3) is 0 Å². The zero-order chi connectivity index (χ0) is 23.1. The lowest BCUT2D eigenvalue weighted by molar-refractivity contribution is -0.140. The second-order valence-corrected chi connectivity index (χ2v) is 8.57. The standard InChI is InChI=1S/C22H17F3N4O2S/c23-22(24,25)21-19(14-6-10-16(26)11-7-14)20(29(28-21)17-4-2-1-3-5-17)15-8-12-18(13-9-15)32(27,30)31/h1-13H,26H2,(H2,27,30,31). The third-order valence-corrected chi connectivity index (χ3v) is 5.74. The van der Waals surface area contributed by atoms with E-state index in [1.165, 1.54) is 53.2 Å². The molecule has 0 bridgehead atoms. The van der Waals surface area contributed by atoms with E-state index in [1.807, 2.05) is 0 Å². The van der Waals surface area contributed by atoms with Gasteiger partial charge in [0.2, 0.25) is 10.0 Å². The Morgan fingerprint density at radius 2 is 1.38 bits per heavy atom. The van der Waals surface area contributed by atoms with Crippen LogP contribution in [-0.2, 0) is 16.2 Å². The van der Waals surface area contributed by atoms with Crippen LogP contribution in [0, 0.1) is 0 Å². The molecule has 0 radical (unpaired) electrons. The SMILES string of the molecule is Nc1ccc(-c2c(C(F)(F)F)nn(-c3ccccc3)c2-c2ccc(S(N)(=O)=O)cc2)cc1. The van der Waals surface area contributed by atoms with Crippen molar-refractivity contribution < 1.29 is 21.6 Å². The molecule has 1 heterocycles. The van der Waals surface area contributed by atoms with E-state index in [2.05, 4.69) is 5.10 Å². The van der Waals surface area contributed by atoms with Crippen molar-refractivity contribution in [3.05, 3.63) is 84.6 Å². The monoisotopic (exact) mass is 458 g/mol.